The number of rotatable bonds is 7. The summed E-state index contributed by atoms with van der Waals surface area (Å²) in [4.78, 5) is 0. The molecule has 1 aromatic carbocycles. The number of nitrogens with two attached hydrogens (primary N) is 1. The first-order valence-electron chi connectivity index (χ1n) is 5.97. The molecule has 0 saturated carbocycles. The Morgan fingerprint density at radius 3 is 2.88 bits per heavy atom. The van der Waals surface area contributed by atoms with E-state index >= 15 is 0 Å². The van der Waals surface area contributed by atoms with E-state index in [1.807, 2.05) is 11.8 Å². The van der Waals surface area contributed by atoms with E-state index in [4.69, 9.17) is 5.73 Å². The summed E-state index contributed by atoms with van der Waals surface area (Å²) in [6.45, 7) is 4.96. The van der Waals surface area contributed by atoms with Crippen molar-refractivity contribution < 1.29 is 0 Å². The van der Waals surface area contributed by atoms with Gasteiger partial charge in [0.15, 0.2) is 0 Å². The fraction of sp³-hybridized carbons (Fsp3) is 0.538. The first kappa shape index (κ1) is 14.9. The molecule has 1 unspecified atom stereocenters. The van der Waals surface area contributed by atoms with Crippen LogP contribution in [0.3, 0.4) is 0 Å². The summed E-state index contributed by atoms with van der Waals surface area (Å²) in [7, 11) is 0. The summed E-state index contributed by atoms with van der Waals surface area (Å²) in [5.41, 5.74) is 8.20. The largest absolute Gasteiger partial charge is 0.380 e. The van der Waals surface area contributed by atoms with Gasteiger partial charge in [0.05, 0.1) is 0 Å². The van der Waals surface area contributed by atoms with Gasteiger partial charge in [-0.25, -0.2) is 0 Å². The van der Waals surface area contributed by atoms with Gasteiger partial charge in [0.1, 0.15) is 0 Å². The van der Waals surface area contributed by atoms with Crippen LogP contribution in [0, 0.1) is 6.92 Å². The third-order valence-electron chi connectivity index (χ3n) is 2.58. The second-order valence-corrected chi connectivity index (χ2v) is 6.29. The quantitative estimate of drug-likeness (QED) is 0.754. The smallest absolute Gasteiger partial charge is 0.0489 e. The van der Waals surface area contributed by atoms with E-state index in [9.17, 15) is 0 Å². The first-order valence-corrected chi connectivity index (χ1v) is 7.92. The maximum absolute atomic E-state index is 5.80. The molecular weight excluding hydrogens is 296 g/mol. The van der Waals surface area contributed by atoms with Crippen LogP contribution in [0.4, 0.5) is 5.69 Å². The highest BCUT2D eigenvalue weighted by atomic mass is 79.9. The van der Waals surface area contributed by atoms with Crippen molar-refractivity contribution in [3.8, 4) is 0 Å². The molecule has 0 fully saturated rings. The van der Waals surface area contributed by atoms with Crippen LogP contribution in [0.2, 0.25) is 0 Å². The molecule has 1 aromatic rings. The average molecular weight is 317 g/mol. The normalized spacial score (nSPS) is 12.5. The molecular formula is C13H21BrN2S. The standard InChI is InChI=1S/C13H21BrN2S/c1-3-17-7-6-11(9-15)16-13-8-10(2)4-5-12(13)14/h4-5,8,11,16H,3,6-7,9,15H2,1-2H3. The summed E-state index contributed by atoms with van der Waals surface area (Å²) >= 11 is 5.52. The monoisotopic (exact) mass is 316 g/mol. The topological polar surface area (TPSA) is 38.0 Å². The van der Waals surface area contributed by atoms with E-state index in [0.717, 1.165) is 22.3 Å². The zero-order valence-electron chi connectivity index (χ0n) is 10.5. The molecule has 0 amide bonds. The highest BCUT2D eigenvalue weighted by molar-refractivity contribution is 9.10. The van der Waals surface area contributed by atoms with Crippen LogP contribution in [-0.4, -0.2) is 24.1 Å². The Labute approximate surface area is 117 Å². The summed E-state index contributed by atoms with van der Waals surface area (Å²) in [5.74, 6) is 2.33. The van der Waals surface area contributed by atoms with Gasteiger partial charge in [-0.05, 0) is 58.5 Å². The zero-order valence-corrected chi connectivity index (χ0v) is 12.9. The molecule has 17 heavy (non-hydrogen) atoms. The molecule has 0 bridgehead atoms. The van der Waals surface area contributed by atoms with Gasteiger partial charge in [-0.2, -0.15) is 11.8 Å². The van der Waals surface area contributed by atoms with Gasteiger partial charge in [-0.3, -0.25) is 0 Å². The predicted octanol–water partition coefficient (Wildman–Crippen LogP) is 3.64. The Balaban J connectivity index is 2.57. The van der Waals surface area contributed by atoms with Crippen molar-refractivity contribution >= 4 is 33.4 Å². The molecule has 0 aliphatic carbocycles. The van der Waals surface area contributed by atoms with Gasteiger partial charge in [-0.15, -0.1) is 0 Å². The lowest BCUT2D eigenvalue weighted by Crippen LogP contribution is -2.29. The molecule has 0 radical (unpaired) electrons. The number of benzene rings is 1. The third kappa shape index (κ3) is 5.32. The molecule has 0 aliphatic rings. The fourth-order valence-electron chi connectivity index (χ4n) is 1.59. The molecule has 1 rings (SSSR count). The number of nitrogens with one attached hydrogen (secondary N) is 1. The molecule has 0 aromatic heterocycles. The van der Waals surface area contributed by atoms with Crippen molar-refractivity contribution in [3.63, 3.8) is 0 Å². The van der Waals surface area contributed by atoms with Crippen LogP contribution in [-0.2, 0) is 0 Å². The number of thioether (sulfide) groups is 1. The van der Waals surface area contributed by atoms with Gasteiger partial charge in [0, 0.05) is 22.7 Å². The molecule has 0 spiro atoms. The number of hydrogen-bond donors (Lipinski definition) is 2. The number of aryl methyl sites for hydroxylation is 1. The van der Waals surface area contributed by atoms with Crippen molar-refractivity contribution in [3.05, 3.63) is 28.2 Å². The minimum absolute atomic E-state index is 0.354. The Morgan fingerprint density at radius 1 is 1.47 bits per heavy atom. The van der Waals surface area contributed by atoms with Crippen LogP contribution in [0.15, 0.2) is 22.7 Å². The van der Waals surface area contributed by atoms with E-state index < -0.39 is 0 Å². The van der Waals surface area contributed by atoms with E-state index in [1.165, 1.54) is 11.3 Å². The van der Waals surface area contributed by atoms with Crippen molar-refractivity contribution in [2.24, 2.45) is 5.73 Å². The van der Waals surface area contributed by atoms with Crippen molar-refractivity contribution in [2.75, 3.05) is 23.4 Å². The molecule has 3 N–H and O–H groups in total. The minimum Gasteiger partial charge on any atom is -0.380 e. The second-order valence-electron chi connectivity index (χ2n) is 4.05. The highest BCUT2D eigenvalue weighted by Gasteiger charge is 2.08. The summed E-state index contributed by atoms with van der Waals surface area (Å²) in [6, 6.07) is 6.68. The van der Waals surface area contributed by atoms with Crippen LogP contribution >= 0.6 is 27.7 Å². The number of halogens is 1. The number of anilines is 1. The summed E-state index contributed by atoms with van der Waals surface area (Å²) in [5, 5.41) is 3.51. The first-order chi connectivity index (χ1) is 8.17. The van der Waals surface area contributed by atoms with Crippen molar-refractivity contribution in [2.45, 2.75) is 26.3 Å². The van der Waals surface area contributed by atoms with E-state index in [1.54, 1.807) is 0 Å². The lowest BCUT2D eigenvalue weighted by Gasteiger charge is -2.19. The fourth-order valence-corrected chi connectivity index (χ4v) is 2.69. The van der Waals surface area contributed by atoms with Crippen LogP contribution in [0.1, 0.15) is 18.9 Å². The maximum atomic E-state index is 5.80. The molecule has 4 heteroatoms. The van der Waals surface area contributed by atoms with Gasteiger partial charge in [0.25, 0.3) is 0 Å². The van der Waals surface area contributed by atoms with Gasteiger partial charge >= 0.3 is 0 Å². The Bertz CT molecular complexity index is 344. The van der Waals surface area contributed by atoms with Crippen LogP contribution in [0.5, 0.6) is 0 Å². The lowest BCUT2D eigenvalue weighted by atomic mass is 10.2. The SMILES string of the molecule is CCSCCC(CN)Nc1cc(C)ccc1Br. The molecule has 96 valence electrons. The summed E-state index contributed by atoms with van der Waals surface area (Å²) < 4.78 is 1.10. The predicted molar refractivity (Wildman–Crippen MR) is 83.0 cm³/mol. The van der Waals surface area contributed by atoms with Crippen molar-refractivity contribution in [1.82, 2.24) is 0 Å². The van der Waals surface area contributed by atoms with Crippen molar-refractivity contribution in [1.29, 1.82) is 0 Å². The zero-order chi connectivity index (χ0) is 12.7. The molecule has 1 atom stereocenters. The van der Waals surface area contributed by atoms with E-state index in [-0.39, 0.29) is 0 Å². The Hall–Kier alpha value is -0.190. The van der Waals surface area contributed by atoms with Crippen LogP contribution in [0.25, 0.3) is 0 Å². The maximum Gasteiger partial charge on any atom is 0.0489 e. The average Bonchev–Trinajstić information content (AvgIpc) is 2.32. The van der Waals surface area contributed by atoms with Crippen LogP contribution < -0.4 is 11.1 Å². The van der Waals surface area contributed by atoms with Gasteiger partial charge in [0.2, 0.25) is 0 Å². The molecule has 0 aliphatic heterocycles. The lowest BCUT2D eigenvalue weighted by molar-refractivity contribution is 0.709. The summed E-state index contributed by atoms with van der Waals surface area (Å²) in [6.07, 6.45) is 1.11. The molecule has 0 heterocycles. The highest BCUT2D eigenvalue weighted by Crippen LogP contribution is 2.24. The van der Waals surface area contributed by atoms with Gasteiger partial charge in [-0.1, -0.05) is 13.0 Å². The minimum atomic E-state index is 0.354. The van der Waals surface area contributed by atoms with Gasteiger partial charge < -0.3 is 11.1 Å². The molecule has 0 saturated heterocycles. The number of hydrogen-bond acceptors (Lipinski definition) is 3. The second kappa shape index (κ2) is 8.01. The Kier molecular flexibility index (Phi) is 7.00. The third-order valence-corrected chi connectivity index (χ3v) is 4.20. The Morgan fingerprint density at radius 2 is 2.24 bits per heavy atom. The molecule has 2 nitrogen and oxygen atoms in total. The van der Waals surface area contributed by atoms with E-state index in [0.29, 0.717) is 12.6 Å². The van der Waals surface area contributed by atoms with E-state index in [2.05, 4.69) is 53.3 Å².